The maximum absolute atomic E-state index is 5.42. The standard InChI is InChI=1S/C15H20N2O/c1-10-5-6-13(18-2)15-14(10)11(9-17-15)8-12-4-3-7-16-12/h5-6,9,12,16-17H,3-4,7-8H2,1-2H3. The van der Waals surface area contributed by atoms with Crippen molar-refractivity contribution in [3.8, 4) is 5.75 Å². The van der Waals surface area contributed by atoms with Crippen LogP contribution in [0.25, 0.3) is 10.9 Å². The van der Waals surface area contributed by atoms with Gasteiger partial charge >= 0.3 is 0 Å². The van der Waals surface area contributed by atoms with E-state index in [4.69, 9.17) is 4.74 Å². The van der Waals surface area contributed by atoms with Crippen LogP contribution in [0, 0.1) is 6.92 Å². The largest absolute Gasteiger partial charge is 0.495 e. The van der Waals surface area contributed by atoms with Gasteiger partial charge in [0, 0.05) is 17.6 Å². The van der Waals surface area contributed by atoms with Gasteiger partial charge in [0.05, 0.1) is 12.6 Å². The molecule has 3 heteroatoms. The van der Waals surface area contributed by atoms with Crippen molar-refractivity contribution in [2.45, 2.75) is 32.2 Å². The van der Waals surface area contributed by atoms with Crippen LogP contribution in [0.5, 0.6) is 5.75 Å². The van der Waals surface area contributed by atoms with E-state index < -0.39 is 0 Å². The fourth-order valence-corrected chi connectivity index (χ4v) is 3.00. The fourth-order valence-electron chi connectivity index (χ4n) is 3.00. The van der Waals surface area contributed by atoms with Gasteiger partial charge in [0.25, 0.3) is 0 Å². The van der Waals surface area contributed by atoms with Crippen LogP contribution < -0.4 is 10.1 Å². The van der Waals surface area contributed by atoms with Gasteiger partial charge in [0.2, 0.25) is 0 Å². The predicted octanol–water partition coefficient (Wildman–Crippen LogP) is 2.78. The van der Waals surface area contributed by atoms with E-state index in [1.165, 1.54) is 29.4 Å². The average molecular weight is 244 g/mol. The first-order chi connectivity index (χ1) is 8.79. The summed E-state index contributed by atoms with van der Waals surface area (Å²) in [5.41, 5.74) is 3.85. The molecule has 2 aromatic rings. The quantitative estimate of drug-likeness (QED) is 0.871. The van der Waals surface area contributed by atoms with Crippen LogP contribution in [-0.4, -0.2) is 24.7 Å². The Kier molecular flexibility index (Phi) is 3.00. The Hall–Kier alpha value is -1.48. The number of nitrogens with one attached hydrogen (secondary N) is 2. The first kappa shape index (κ1) is 11.6. The molecule has 1 aliphatic rings. The number of aromatic amines is 1. The molecule has 96 valence electrons. The predicted molar refractivity (Wildman–Crippen MR) is 74.3 cm³/mol. The number of ether oxygens (including phenoxy) is 1. The molecule has 18 heavy (non-hydrogen) atoms. The maximum atomic E-state index is 5.42. The van der Waals surface area contributed by atoms with Gasteiger partial charge in [-0.1, -0.05) is 6.07 Å². The highest BCUT2D eigenvalue weighted by atomic mass is 16.5. The Balaban J connectivity index is 2.01. The van der Waals surface area contributed by atoms with Gasteiger partial charge in [-0.05, 0) is 49.9 Å². The zero-order chi connectivity index (χ0) is 12.5. The molecule has 1 atom stereocenters. The molecule has 3 nitrogen and oxygen atoms in total. The van der Waals surface area contributed by atoms with E-state index in [0.29, 0.717) is 6.04 Å². The summed E-state index contributed by atoms with van der Waals surface area (Å²) in [6.45, 7) is 3.33. The average Bonchev–Trinajstić information content (AvgIpc) is 3.01. The fraction of sp³-hybridized carbons (Fsp3) is 0.467. The number of rotatable bonds is 3. The Labute approximate surface area is 108 Å². The Morgan fingerprint density at radius 1 is 1.39 bits per heavy atom. The van der Waals surface area contributed by atoms with Crippen molar-refractivity contribution in [1.29, 1.82) is 0 Å². The van der Waals surface area contributed by atoms with E-state index in [9.17, 15) is 0 Å². The van der Waals surface area contributed by atoms with Gasteiger partial charge < -0.3 is 15.0 Å². The van der Waals surface area contributed by atoms with Crippen molar-refractivity contribution in [3.63, 3.8) is 0 Å². The molecule has 2 heterocycles. The van der Waals surface area contributed by atoms with E-state index in [0.717, 1.165) is 24.2 Å². The van der Waals surface area contributed by atoms with Crippen molar-refractivity contribution in [2.75, 3.05) is 13.7 Å². The van der Waals surface area contributed by atoms with Gasteiger partial charge in [0.1, 0.15) is 5.75 Å². The van der Waals surface area contributed by atoms with Gasteiger partial charge in [-0.2, -0.15) is 0 Å². The number of hydrogen-bond donors (Lipinski definition) is 2. The minimum atomic E-state index is 0.634. The van der Waals surface area contributed by atoms with Crippen LogP contribution in [0.2, 0.25) is 0 Å². The molecule has 1 fully saturated rings. The number of aromatic nitrogens is 1. The zero-order valence-electron chi connectivity index (χ0n) is 11.0. The summed E-state index contributed by atoms with van der Waals surface area (Å²) in [6, 6.07) is 4.81. The lowest BCUT2D eigenvalue weighted by Gasteiger charge is -2.10. The van der Waals surface area contributed by atoms with Crippen LogP contribution in [-0.2, 0) is 6.42 Å². The zero-order valence-corrected chi connectivity index (χ0v) is 11.0. The van der Waals surface area contributed by atoms with Crippen molar-refractivity contribution >= 4 is 10.9 Å². The monoisotopic (exact) mass is 244 g/mol. The SMILES string of the molecule is COc1ccc(C)c2c(CC3CCCN3)c[nH]c12. The third-order valence-corrected chi connectivity index (χ3v) is 3.94. The molecule has 0 radical (unpaired) electrons. The van der Waals surface area contributed by atoms with Gasteiger partial charge in [-0.25, -0.2) is 0 Å². The number of fused-ring (bicyclic) bond motifs is 1. The highest BCUT2D eigenvalue weighted by molar-refractivity contribution is 5.91. The van der Waals surface area contributed by atoms with Gasteiger partial charge in [0.15, 0.2) is 0 Å². The Morgan fingerprint density at radius 3 is 3.00 bits per heavy atom. The van der Waals surface area contributed by atoms with Crippen molar-refractivity contribution in [1.82, 2.24) is 10.3 Å². The number of aryl methyl sites for hydroxylation is 1. The molecule has 1 aromatic heterocycles. The molecule has 0 amide bonds. The lowest BCUT2D eigenvalue weighted by molar-refractivity contribution is 0.419. The van der Waals surface area contributed by atoms with E-state index in [-0.39, 0.29) is 0 Å². The summed E-state index contributed by atoms with van der Waals surface area (Å²) in [4.78, 5) is 3.37. The van der Waals surface area contributed by atoms with Crippen LogP contribution in [0.4, 0.5) is 0 Å². The van der Waals surface area contributed by atoms with E-state index in [1.54, 1.807) is 7.11 Å². The van der Waals surface area contributed by atoms with Crippen LogP contribution in [0.3, 0.4) is 0 Å². The second-order valence-electron chi connectivity index (χ2n) is 5.15. The van der Waals surface area contributed by atoms with Gasteiger partial charge in [-0.15, -0.1) is 0 Å². The maximum Gasteiger partial charge on any atom is 0.142 e. The molecule has 1 saturated heterocycles. The van der Waals surface area contributed by atoms with Crippen molar-refractivity contribution < 1.29 is 4.74 Å². The number of benzene rings is 1. The molecule has 2 N–H and O–H groups in total. The Bertz CT molecular complexity index is 553. The molecule has 0 bridgehead atoms. The molecule has 3 rings (SSSR count). The van der Waals surface area contributed by atoms with Gasteiger partial charge in [-0.3, -0.25) is 0 Å². The summed E-state index contributed by atoms with van der Waals surface area (Å²) < 4.78 is 5.42. The van der Waals surface area contributed by atoms with Crippen molar-refractivity contribution in [2.24, 2.45) is 0 Å². The molecule has 0 saturated carbocycles. The normalized spacial score (nSPS) is 19.6. The minimum Gasteiger partial charge on any atom is -0.495 e. The summed E-state index contributed by atoms with van der Waals surface area (Å²) in [5, 5.41) is 4.90. The summed E-state index contributed by atoms with van der Waals surface area (Å²) in [6.07, 6.45) is 5.83. The summed E-state index contributed by atoms with van der Waals surface area (Å²) in [7, 11) is 1.73. The first-order valence-electron chi connectivity index (χ1n) is 6.66. The Morgan fingerprint density at radius 2 is 2.28 bits per heavy atom. The molecule has 0 spiro atoms. The molecular formula is C15H20N2O. The minimum absolute atomic E-state index is 0.634. The van der Waals surface area contributed by atoms with Crippen LogP contribution >= 0.6 is 0 Å². The first-order valence-corrected chi connectivity index (χ1v) is 6.66. The number of hydrogen-bond acceptors (Lipinski definition) is 2. The summed E-state index contributed by atoms with van der Waals surface area (Å²) >= 11 is 0. The van der Waals surface area contributed by atoms with Crippen LogP contribution in [0.15, 0.2) is 18.3 Å². The second kappa shape index (κ2) is 4.65. The van der Waals surface area contributed by atoms with E-state index in [2.05, 4.69) is 29.5 Å². The smallest absolute Gasteiger partial charge is 0.142 e. The number of methoxy groups -OCH3 is 1. The number of H-pyrrole nitrogens is 1. The molecule has 1 unspecified atom stereocenters. The molecular weight excluding hydrogens is 224 g/mol. The van der Waals surface area contributed by atoms with Crippen molar-refractivity contribution in [3.05, 3.63) is 29.5 Å². The lowest BCUT2D eigenvalue weighted by atomic mass is 10.0. The highest BCUT2D eigenvalue weighted by Crippen LogP contribution is 2.31. The van der Waals surface area contributed by atoms with E-state index >= 15 is 0 Å². The van der Waals surface area contributed by atoms with Crippen LogP contribution in [0.1, 0.15) is 24.0 Å². The molecule has 1 aromatic carbocycles. The molecule has 1 aliphatic heterocycles. The topological polar surface area (TPSA) is 37.0 Å². The molecule has 0 aliphatic carbocycles. The second-order valence-corrected chi connectivity index (χ2v) is 5.15. The van der Waals surface area contributed by atoms with E-state index in [1.807, 2.05) is 6.07 Å². The third kappa shape index (κ3) is 1.89. The lowest BCUT2D eigenvalue weighted by Crippen LogP contribution is -2.23. The highest BCUT2D eigenvalue weighted by Gasteiger charge is 2.18. The summed E-state index contributed by atoms with van der Waals surface area (Å²) in [5.74, 6) is 0.932. The third-order valence-electron chi connectivity index (χ3n) is 3.94.